The smallest absolute Gasteiger partial charge is 0.231 e. The average molecular weight is 431 g/mol. The first kappa shape index (κ1) is 16.9. The van der Waals surface area contributed by atoms with Crippen LogP contribution in [0.4, 0.5) is 4.39 Å². The monoisotopic (exact) mass is 430 g/mol. The summed E-state index contributed by atoms with van der Waals surface area (Å²) < 4.78 is 27.1. The van der Waals surface area contributed by atoms with E-state index in [-0.39, 0.29) is 5.13 Å². The van der Waals surface area contributed by atoms with Crippen LogP contribution in [0, 0.1) is 5.13 Å². The molecule has 0 N–H and O–H groups in total. The molecule has 1 aliphatic heterocycles. The molecule has 0 fully saturated rings. The minimum absolute atomic E-state index is 0.116. The van der Waals surface area contributed by atoms with Crippen LogP contribution in [0.2, 0.25) is 0 Å². The lowest BCUT2D eigenvalue weighted by Crippen LogP contribution is -1.98. The number of halogens is 1. The lowest BCUT2D eigenvalue weighted by Gasteiger charge is -2.25. The highest BCUT2D eigenvalue weighted by Crippen LogP contribution is 2.56. The lowest BCUT2D eigenvalue weighted by atomic mass is 9.79. The van der Waals surface area contributed by atoms with Gasteiger partial charge in [-0.3, -0.25) is 0 Å². The van der Waals surface area contributed by atoms with Gasteiger partial charge in [0.15, 0.2) is 16.6 Å². The zero-order valence-corrected chi connectivity index (χ0v) is 17.5. The Morgan fingerprint density at radius 1 is 0.733 bits per heavy atom. The third-order valence-corrected chi connectivity index (χ3v) is 8.22. The number of fused-ring (bicyclic) bond motifs is 9. The molecule has 0 saturated heterocycles. The van der Waals surface area contributed by atoms with Gasteiger partial charge in [0.05, 0.1) is 0 Å². The summed E-state index contributed by atoms with van der Waals surface area (Å²) in [6.07, 6.45) is 1.97. The van der Waals surface area contributed by atoms with Crippen molar-refractivity contribution in [2.45, 2.75) is 12.8 Å². The molecule has 0 radical (unpaired) electrons. The molecule has 1 aliphatic carbocycles. The Hall–Kier alpha value is -2.89. The summed E-state index contributed by atoms with van der Waals surface area (Å²) in [7, 11) is 0. The van der Waals surface area contributed by atoms with Gasteiger partial charge in [-0.15, -0.1) is 22.7 Å². The molecule has 30 heavy (non-hydrogen) atoms. The minimum Gasteiger partial charge on any atom is -0.454 e. The Labute approximate surface area is 180 Å². The van der Waals surface area contributed by atoms with E-state index in [0.717, 1.165) is 34.4 Å². The second kappa shape index (κ2) is 6.06. The van der Waals surface area contributed by atoms with Crippen LogP contribution >= 0.6 is 22.7 Å². The lowest BCUT2D eigenvalue weighted by molar-refractivity contribution is 0.174. The maximum absolute atomic E-state index is 13.8. The number of rotatable bonds is 3. The first-order valence-corrected chi connectivity index (χ1v) is 11.5. The molecule has 0 saturated carbocycles. The molecular weight excluding hydrogens is 415 g/mol. The van der Waals surface area contributed by atoms with E-state index in [1.165, 1.54) is 54.1 Å². The van der Waals surface area contributed by atoms with Crippen LogP contribution in [0.1, 0.15) is 10.4 Å². The molecule has 0 bridgehead atoms. The standard InChI is InChI=1S/C25H15FO2S2/c26-21-11-15-4-7-18-22-17(23(18)25(15)30-21)6-3-14-10-16(29-24(14)22)5-1-13-2-8-19-20(9-13)28-12-27-19/h2-4,6-11H,1,5,12H2. The van der Waals surface area contributed by atoms with Crippen molar-refractivity contribution >= 4 is 42.8 Å². The van der Waals surface area contributed by atoms with Gasteiger partial charge in [-0.05, 0) is 64.6 Å². The summed E-state index contributed by atoms with van der Waals surface area (Å²) in [5.41, 5.74) is 6.33. The average Bonchev–Trinajstić information content (AvgIpc) is 3.44. The van der Waals surface area contributed by atoms with Crippen molar-refractivity contribution in [1.29, 1.82) is 0 Å². The highest BCUT2D eigenvalue weighted by Gasteiger charge is 2.28. The second-order valence-corrected chi connectivity index (χ2v) is 9.90. The third-order valence-electron chi connectivity index (χ3n) is 6.03. The quantitative estimate of drug-likeness (QED) is 0.291. The van der Waals surface area contributed by atoms with E-state index in [0.29, 0.717) is 6.79 Å². The fraction of sp³-hybridized carbons (Fsp3) is 0.120. The van der Waals surface area contributed by atoms with Gasteiger partial charge >= 0.3 is 0 Å². The third kappa shape index (κ3) is 2.33. The molecule has 5 heteroatoms. The molecule has 2 aromatic heterocycles. The molecule has 2 aliphatic rings. The van der Waals surface area contributed by atoms with Crippen LogP contribution in [0.15, 0.2) is 54.6 Å². The van der Waals surface area contributed by atoms with E-state index in [1.807, 2.05) is 23.5 Å². The molecule has 146 valence electrons. The summed E-state index contributed by atoms with van der Waals surface area (Å²) in [5.74, 6) is 1.68. The molecule has 3 heterocycles. The molecular formula is C25H15FO2S2. The normalized spacial score (nSPS) is 13.5. The fourth-order valence-electron chi connectivity index (χ4n) is 4.60. The van der Waals surface area contributed by atoms with Crippen molar-refractivity contribution in [1.82, 2.24) is 0 Å². The maximum Gasteiger partial charge on any atom is 0.231 e. The summed E-state index contributed by atoms with van der Waals surface area (Å²) >= 11 is 3.13. The molecule has 3 aromatic carbocycles. The summed E-state index contributed by atoms with van der Waals surface area (Å²) in [4.78, 5) is 1.38. The van der Waals surface area contributed by atoms with Gasteiger partial charge in [-0.1, -0.05) is 30.3 Å². The van der Waals surface area contributed by atoms with Gasteiger partial charge in [0.25, 0.3) is 0 Å². The van der Waals surface area contributed by atoms with Crippen LogP contribution in [0.25, 0.3) is 42.4 Å². The van der Waals surface area contributed by atoms with Crippen molar-refractivity contribution in [3.05, 3.63) is 70.2 Å². The van der Waals surface area contributed by atoms with E-state index >= 15 is 0 Å². The first-order valence-electron chi connectivity index (χ1n) is 9.91. The van der Waals surface area contributed by atoms with Crippen molar-refractivity contribution in [2.75, 3.05) is 6.79 Å². The Bertz CT molecular complexity index is 1490. The zero-order valence-electron chi connectivity index (χ0n) is 15.8. The fourth-order valence-corrected chi connectivity index (χ4v) is 6.77. The summed E-state index contributed by atoms with van der Waals surface area (Å²) in [6.45, 7) is 0.312. The molecule has 7 rings (SSSR count). The van der Waals surface area contributed by atoms with Crippen LogP contribution in [-0.2, 0) is 12.8 Å². The molecule has 5 aromatic rings. The van der Waals surface area contributed by atoms with Gasteiger partial charge < -0.3 is 9.47 Å². The second-order valence-electron chi connectivity index (χ2n) is 7.76. The Kier molecular flexibility index (Phi) is 3.41. The van der Waals surface area contributed by atoms with Crippen molar-refractivity contribution in [3.8, 4) is 33.8 Å². The highest BCUT2D eigenvalue weighted by atomic mass is 32.1. The number of hydrogen-bond acceptors (Lipinski definition) is 4. The van der Waals surface area contributed by atoms with Gasteiger partial charge in [0, 0.05) is 25.4 Å². The SMILES string of the molecule is Fc1cc2ccc3c(c2s1)-c1ccc2cc(CCc4ccc5c(c4)OCO5)sc2c1-3. The van der Waals surface area contributed by atoms with Gasteiger partial charge in [0.1, 0.15) is 0 Å². The van der Waals surface area contributed by atoms with Crippen molar-refractivity contribution < 1.29 is 13.9 Å². The number of benzene rings is 3. The zero-order chi connectivity index (χ0) is 19.8. The molecule has 0 unspecified atom stereocenters. The number of ether oxygens (including phenoxy) is 2. The van der Waals surface area contributed by atoms with E-state index in [1.54, 1.807) is 6.07 Å². The van der Waals surface area contributed by atoms with E-state index in [9.17, 15) is 4.39 Å². The Morgan fingerprint density at radius 2 is 1.47 bits per heavy atom. The topological polar surface area (TPSA) is 18.5 Å². The van der Waals surface area contributed by atoms with Gasteiger partial charge in [-0.25, -0.2) is 0 Å². The predicted octanol–water partition coefficient (Wildman–Crippen LogP) is 7.42. The first-order chi connectivity index (χ1) is 14.7. The van der Waals surface area contributed by atoms with Crippen molar-refractivity contribution in [2.24, 2.45) is 0 Å². The Balaban J connectivity index is 1.23. The number of hydrogen-bond donors (Lipinski definition) is 0. The van der Waals surface area contributed by atoms with Crippen LogP contribution in [0.3, 0.4) is 0 Å². The van der Waals surface area contributed by atoms with E-state index < -0.39 is 0 Å². The molecule has 0 spiro atoms. The predicted molar refractivity (Wildman–Crippen MR) is 122 cm³/mol. The van der Waals surface area contributed by atoms with Gasteiger partial charge in [0.2, 0.25) is 6.79 Å². The number of aryl methyl sites for hydroxylation is 2. The van der Waals surface area contributed by atoms with Crippen LogP contribution < -0.4 is 9.47 Å². The van der Waals surface area contributed by atoms with E-state index in [4.69, 9.17) is 9.47 Å². The van der Waals surface area contributed by atoms with Crippen LogP contribution in [0.5, 0.6) is 11.5 Å². The maximum atomic E-state index is 13.8. The highest BCUT2D eigenvalue weighted by molar-refractivity contribution is 7.20. The summed E-state index contributed by atoms with van der Waals surface area (Å²) in [5, 5.41) is 2.18. The van der Waals surface area contributed by atoms with E-state index in [2.05, 4.69) is 36.4 Å². The Morgan fingerprint density at radius 3 is 2.30 bits per heavy atom. The minimum atomic E-state index is -0.116. The summed E-state index contributed by atoms with van der Waals surface area (Å²) in [6, 6.07) is 18.8. The van der Waals surface area contributed by atoms with Crippen molar-refractivity contribution in [3.63, 3.8) is 0 Å². The van der Waals surface area contributed by atoms with Crippen LogP contribution in [-0.4, -0.2) is 6.79 Å². The van der Waals surface area contributed by atoms with Gasteiger partial charge in [-0.2, -0.15) is 4.39 Å². The molecule has 0 amide bonds. The largest absolute Gasteiger partial charge is 0.454 e. The molecule has 0 atom stereocenters. The molecule has 2 nitrogen and oxygen atoms in total. The number of thiophene rings is 2.